The average Bonchev–Trinajstić information content (AvgIpc) is 2.49. The molecule has 2 rings (SSSR count). The highest BCUT2D eigenvalue weighted by Gasteiger charge is 2.07. The standard InChI is InChI=1S/C11H13N3O/c1-7-4-10-11(5-8(7)2)14(13-12-10)6-9(3)15/h4-5H,6H2,1-3H3. The molecule has 0 aliphatic rings. The Bertz CT molecular complexity index is 528. The lowest BCUT2D eigenvalue weighted by atomic mass is 10.1. The van der Waals surface area contributed by atoms with Gasteiger partial charge in [-0.05, 0) is 44.0 Å². The van der Waals surface area contributed by atoms with Crippen LogP contribution >= 0.6 is 0 Å². The highest BCUT2D eigenvalue weighted by Crippen LogP contribution is 2.16. The Morgan fingerprint density at radius 2 is 2.00 bits per heavy atom. The van der Waals surface area contributed by atoms with Gasteiger partial charge in [-0.15, -0.1) is 5.10 Å². The van der Waals surface area contributed by atoms with Crippen LogP contribution in [0.2, 0.25) is 0 Å². The number of carbonyl (C=O) groups is 1. The zero-order valence-electron chi connectivity index (χ0n) is 9.11. The van der Waals surface area contributed by atoms with Crippen LogP contribution < -0.4 is 0 Å². The van der Waals surface area contributed by atoms with Crippen molar-refractivity contribution in [3.8, 4) is 0 Å². The van der Waals surface area contributed by atoms with Crippen molar-refractivity contribution in [2.24, 2.45) is 0 Å². The molecule has 0 aliphatic heterocycles. The minimum absolute atomic E-state index is 0.0834. The first-order valence-corrected chi connectivity index (χ1v) is 4.88. The van der Waals surface area contributed by atoms with E-state index in [4.69, 9.17) is 0 Å². The topological polar surface area (TPSA) is 47.8 Å². The molecule has 2 aromatic rings. The van der Waals surface area contributed by atoms with Crippen LogP contribution in [0.15, 0.2) is 12.1 Å². The van der Waals surface area contributed by atoms with E-state index in [-0.39, 0.29) is 5.78 Å². The van der Waals surface area contributed by atoms with Gasteiger partial charge in [0.05, 0.1) is 5.52 Å². The van der Waals surface area contributed by atoms with Gasteiger partial charge in [0.25, 0.3) is 0 Å². The third-order valence-electron chi connectivity index (χ3n) is 2.50. The first-order chi connectivity index (χ1) is 7.08. The van der Waals surface area contributed by atoms with Gasteiger partial charge in [0, 0.05) is 0 Å². The van der Waals surface area contributed by atoms with Crippen LogP contribution in [0.1, 0.15) is 18.1 Å². The molecule has 0 bridgehead atoms. The van der Waals surface area contributed by atoms with Crippen LogP contribution in [0, 0.1) is 13.8 Å². The molecule has 0 atom stereocenters. The predicted molar refractivity (Wildman–Crippen MR) is 57.7 cm³/mol. The fourth-order valence-electron chi connectivity index (χ4n) is 1.55. The molecule has 0 N–H and O–H groups in total. The van der Waals surface area contributed by atoms with Crippen molar-refractivity contribution in [3.63, 3.8) is 0 Å². The fourth-order valence-corrected chi connectivity index (χ4v) is 1.55. The summed E-state index contributed by atoms with van der Waals surface area (Å²) in [6.07, 6.45) is 0. The van der Waals surface area contributed by atoms with E-state index in [1.807, 2.05) is 26.0 Å². The highest BCUT2D eigenvalue weighted by molar-refractivity contribution is 5.80. The number of hydrogen-bond donors (Lipinski definition) is 0. The van der Waals surface area contributed by atoms with E-state index < -0.39 is 0 Å². The zero-order chi connectivity index (χ0) is 11.0. The van der Waals surface area contributed by atoms with Gasteiger partial charge in [0.1, 0.15) is 12.1 Å². The summed E-state index contributed by atoms with van der Waals surface area (Å²) >= 11 is 0. The predicted octanol–water partition coefficient (Wildman–Crippen LogP) is 1.64. The van der Waals surface area contributed by atoms with Gasteiger partial charge in [0.15, 0.2) is 5.78 Å². The molecule has 0 fully saturated rings. The van der Waals surface area contributed by atoms with Crippen LogP contribution in [0.4, 0.5) is 0 Å². The molecule has 4 heteroatoms. The molecule has 15 heavy (non-hydrogen) atoms. The van der Waals surface area contributed by atoms with Crippen LogP contribution in [-0.4, -0.2) is 20.8 Å². The second kappa shape index (κ2) is 3.46. The van der Waals surface area contributed by atoms with E-state index in [2.05, 4.69) is 10.3 Å². The van der Waals surface area contributed by atoms with Gasteiger partial charge in [-0.1, -0.05) is 5.21 Å². The largest absolute Gasteiger partial charge is 0.298 e. The van der Waals surface area contributed by atoms with E-state index in [0.29, 0.717) is 6.54 Å². The maximum atomic E-state index is 11.0. The number of benzene rings is 1. The maximum Gasteiger partial charge on any atom is 0.151 e. The third-order valence-corrected chi connectivity index (χ3v) is 2.50. The second-order valence-corrected chi connectivity index (χ2v) is 3.87. The van der Waals surface area contributed by atoms with Gasteiger partial charge in [-0.2, -0.15) is 0 Å². The summed E-state index contributed by atoms with van der Waals surface area (Å²) in [4.78, 5) is 11.0. The van der Waals surface area contributed by atoms with Crippen LogP contribution in [-0.2, 0) is 11.3 Å². The van der Waals surface area contributed by atoms with Crippen molar-refractivity contribution in [1.29, 1.82) is 0 Å². The highest BCUT2D eigenvalue weighted by atomic mass is 16.1. The zero-order valence-corrected chi connectivity index (χ0v) is 9.11. The fraction of sp³-hybridized carbons (Fsp3) is 0.364. The second-order valence-electron chi connectivity index (χ2n) is 3.87. The first-order valence-electron chi connectivity index (χ1n) is 4.88. The van der Waals surface area contributed by atoms with Gasteiger partial charge in [0.2, 0.25) is 0 Å². The van der Waals surface area contributed by atoms with E-state index in [0.717, 1.165) is 11.0 Å². The van der Waals surface area contributed by atoms with Gasteiger partial charge in [-0.25, -0.2) is 4.68 Å². The van der Waals surface area contributed by atoms with Gasteiger partial charge < -0.3 is 0 Å². The number of nitrogens with zero attached hydrogens (tertiary/aromatic N) is 3. The molecular formula is C11H13N3O. The van der Waals surface area contributed by atoms with Crippen molar-refractivity contribution >= 4 is 16.8 Å². The molecule has 0 radical (unpaired) electrons. The molecule has 0 aliphatic carbocycles. The number of carbonyl (C=O) groups excluding carboxylic acids is 1. The quantitative estimate of drug-likeness (QED) is 0.745. The van der Waals surface area contributed by atoms with Crippen LogP contribution in [0.25, 0.3) is 11.0 Å². The minimum Gasteiger partial charge on any atom is -0.298 e. The Labute approximate surface area is 87.9 Å². The number of rotatable bonds is 2. The summed E-state index contributed by atoms with van der Waals surface area (Å²) in [6, 6.07) is 4.02. The van der Waals surface area contributed by atoms with E-state index in [9.17, 15) is 4.79 Å². The lowest BCUT2D eigenvalue weighted by Gasteiger charge is -2.01. The number of aromatic nitrogens is 3. The average molecular weight is 203 g/mol. The Morgan fingerprint density at radius 1 is 1.33 bits per heavy atom. The lowest BCUT2D eigenvalue weighted by Crippen LogP contribution is -2.07. The maximum absolute atomic E-state index is 11.0. The van der Waals surface area contributed by atoms with Crippen molar-refractivity contribution in [2.45, 2.75) is 27.3 Å². The van der Waals surface area contributed by atoms with Crippen molar-refractivity contribution in [2.75, 3.05) is 0 Å². The first kappa shape index (κ1) is 9.83. The van der Waals surface area contributed by atoms with Crippen molar-refractivity contribution in [1.82, 2.24) is 15.0 Å². The third kappa shape index (κ3) is 1.75. The lowest BCUT2D eigenvalue weighted by molar-refractivity contribution is -0.117. The molecule has 0 saturated carbocycles. The number of fused-ring (bicyclic) bond motifs is 1. The number of Topliss-reactive ketones (excluding diaryl/α,β-unsaturated/α-hetero) is 1. The molecule has 4 nitrogen and oxygen atoms in total. The van der Waals surface area contributed by atoms with Gasteiger partial charge in [-0.3, -0.25) is 4.79 Å². The molecule has 0 amide bonds. The van der Waals surface area contributed by atoms with Crippen LogP contribution in [0.5, 0.6) is 0 Å². The van der Waals surface area contributed by atoms with Crippen molar-refractivity contribution < 1.29 is 4.79 Å². The normalized spacial score (nSPS) is 10.9. The van der Waals surface area contributed by atoms with E-state index >= 15 is 0 Å². The molecule has 0 saturated heterocycles. The Hall–Kier alpha value is -1.71. The minimum atomic E-state index is 0.0834. The summed E-state index contributed by atoms with van der Waals surface area (Å²) in [6.45, 7) is 5.92. The summed E-state index contributed by atoms with van der Waals surface area (Å²) in [5.74, 6) is 0.0834. The summed E-state index contributed by atoms with van der Waals surface area (Å²) in [7, 11) is 0. The van der Waals surface area contributed by atoms with Crippen LogP contribution in [0.3, 0.4) is 0 Å². The monoisotopic (exact) mass is 203 g/mol. The van der Waals surface area contributed by atoms with E-state index in [1.165, 1.54) is 11.1 Å². The molecule has 1 aromatic carbocycles. The van der Waals surface area contributed by atoms with E-state index in [1.54, 1.807) is 11.6 Å². The number of hydrogen-bond acceptors (Lipinski definition) is 3. The smallest absolute Gasteiger partial charge is 0.151 e. The molecule has 1 aromatic heterocycles. The molecule has 1 heterocycles. The Morgan fingerprint density at radius 3 is 2.67 bits per heavy atom. The molecule has 0 unspecified atom stereocenters. The van der Waals surface area contributed by atoms with Gasteiger partial charge >= 0.3 is 0 Å². The molecular weight excluding hydrogens is 190 g/mol. The summed E-state index contributed by atoms with van der Waals surface area (Å²) < 4.78 is 1.64. The van der Waals surface area contributed by atoms with Crippen molar-refractivity contribution in [3.05, 3.63) is 23.3 Å². The summed E-state index contributed by atoms with van der Waals surface area (Å²) in [5.41, 5.74) is 4.15. The number of aryl methyl sites for hydroxylation is 2. The number of ketones is 1. The molecule has 78 valence electrons. The SMILES string of the molecule is CC(=O)Cn1nnc2cc(C)c(C)cc21. The molecule has 0 spiro atoms. The Balaban J connectivity index is 2.59. The Kier molecular flexibility index (Phi) is 2.26. The summed E-state index contributed by atoms with van der Waals surface area (Å²) in [5, 5.41) is 8.00.